The van der Waals surface area contributed by atoms with Gasteiger partial charge in [0.2, 0.25) is 0 Å². The van der Waals surface area contributed by atoms with E-state index in [9.17, 15) is 4.79 Å². The number of rotatable bonds is 3. The molecule has 0 amide bonds. The Kier molecular flexibility index (Phi) is 4.32. The first-order chi connectivity index (χ1) is 8.99. The highest BCUT2D eigenvalue weighted by Gasteiger charge is 2.22. The molecule has 1 aliphatic rings. The fourth-order valence-corrected chi connectivity index (χ4v) is 2.82. The molecule has 1 unspecified atom stereocenters. The molecule has 1 aromatic rings. The Bertz CT molecular complexity index is 479. The van der Waals surface area contributed by atoms with Gasteiger partial charge in [-0.1, -0.05) is 11.6 Å². The number of carboxylic acid groups (broad SMARTS) is 1. The van der Waals surface area contributed by atoms with Gasteiger partial charge in [-0.2, -0.15) is 0 Å². The van der Waals surface area contributed by atoms with Gasteiger partial charge in [-0.25, -0.2) is 4.79 Å². The number of carboxylic acids is 1. The van der Waals surface area contributed by atoms with E-state index >= 15 is 0 Å². The molecule has 1 N–H and O–H groups in total. The van der Waals surface area contributed by atoms with Crippen molar-refractivity contribution < 1.29 is 9.90 Å². The van der Waals surface area contributed by atoms with Crippen molar-refractivity contribution in [3.63, 3.8) is 0 Å². The molecular formula is C14H19ClN2O2. The SMILES string of the molecule is CN1CCCC(N(C)c2ccc(C(=O)O)c(Cl)c2)C1. The van der Waals surface area contributed by atoms with Crippen LogP contribution in [0.15, 0.2) is 18.2 Å². The Balaban J connectivity index is 2.17. The molecule has 1 aromatic carbocycles. The molecule has 1 fully saturated rings. The van der Waals surface area contributed by atoms with Gasteiger partial charge in [0.05, 0.1) is 10.6 Å². The zero-order chi connectivity index (χ0) is 14.0. The van der Waals surface area contributed by atoms with Crippen LogP contribution in [0, 0.1) is 0 Å². The zero-order valence-electron chi connectivity index (χ0n) is 11.3. The number of aromatic carboxylic acids is 1. The van der Waals surface area contributed by atoms with E-state index < -0.39 is 5.97 Å². The maximum atomic E-state index is 10.9. The number of halogens is 1. The maximum Gasteiger partial charge on any atom is 0.337 e. The molecule has 0 radical (unpaired) electrons. The van der Waals surface area contributed by atoms with Crippen molar-refractivity contribution in [1.29, 1.82) is 0 Å². The van der Waals surface area contributed by atoms with Gasteiger partial charge in [0, 0.05) is 25.3 Å². The zero-order valence-corrected chi connectivity index (χ0v) is 12.0. The number of likely N-dealkylation sites (tertiary alicyclic amines) is 1. The highest BCUT2D eigenvalue weighted by molar-refractivity contribution is 6.33. The number of carbonyl (C=O) groups is 1. The van der Waals surface area contributed by atoms with Crippen LogP contribution in [0.4, 0.5) is 5.69 Å². The number of nitrogens with zero attached hydrogens (tertiary/aromatic N) is 2. The summed E-state index contributed by atoms with van der Waals surface area (Å²) in [5.74, 6) is -0.989. The Hall–Kier alpha value is -1.26. The largest absolute Gasteiger partial charge is 0.478 e. The molecule has 5 heteroatoms. The summed E-state index contributed by atoms with van der Waals surface area (Å²) in [5.41, 5.74) is 1.12. The quantitative estimate of drug-likeness (QED) is 0.925. The van der Waals surface area contributed by atoms with Crippen LogP contribution < -0.4 is 4.90 Å². The Morgan fingerprint density at radius 2 is 2.26 bits per heavy atom. The topological polar surface area (TPSA) is 43.8 Å². The van der Waals surface area contributed by atoms with Crippen molar-refractivity contribution in [3.8, 4) is 0 Å². The summed E-state index contributed by atoms with van der Waals surface area (Å²) in [6, 6.07) is 5.58. The molecule has 0 bridgehead atoms. The van der Waals surface area contributed by atoms with Crippen LogP contribution >= 0.6 is 11.6 Å². The van der Waals surface area contributed by atoms with Crippen LogP contribution in [-0.4, -0.2) is 49.2 Å². The average molecular weight is 283 g/mol. The Labute approximate surface area is 118 Å². The van der Waals surface area contributed by atoms with E-state index in [0.29, 0.717) is 11.1 Å². The fourth-order valence-electron chi connectivity index (χ4n) is 2.56. The number of anilines is 1. The summed E-state index contributed by atoms with van der Waals surface area (Å²) in [6.45, 7) is 2.16. The highest BCUT2D eigenvalue weighted by Crippen LogP contribution is 2.26. The highest BCUT2D eigenvalue weighted by atomic mass is 35.5. The van der Waals surface area contributed by atoms with Gasteiger partial charge in [0.15, 0.2) is 0 Å². The lowest BCUT2D eigenvalue weighted by molar-refractivity contribution is 0.0697. The monoisotopic (exact) mass is 282 g/mol. The van der Waals surface area contributed by atoms with Crippen molar-refractivity contribution in [2.45, 2.75) is 18.9 Å². The normalized spacial score (nSPS) is 20.3. The minimum Gasteiger partial charge on any atom is -0.478 e. The van der Waals surface area contributed by atoms with Crippen LogP contribution in [0.5, 0.6) is 0 Å². The van der Waals surface area contributed by atoms with E-state index in [1.165, 1.54) is 6.42 Å². The molecule has 4 nitrogen and oxygen atoms in total. The first-order valence-electron chi connectivity index (χ1n) is 6.43. The summed E-state index contributed by atoms with van der Waals surface area (Å²) in [4.78, 5) is 15.4. The average Bonchev–Trinajstić information content (AvgIpc) is 2.37. The van der Waals surface area contributed by atoms with Gasteiger partial charge in [-0.05, 0) is 44.6 Å². The number of likely N-dealkylation sites (N-methyl/N-ethyl adjacent to an activating group) is 2. The van der Waals surface area contributed by atoms with Crippen molar-refractivity contribution in [1.82, 2.24) is 4.90 Å². The van der Waals surface area contributed by atoms with E-state index in [2.05, 4.69) is 16.8 Å². The minimum atomic E-state index is -0.989. The summed E-state index contributed by atoms with van der Waals surface area (Å²) in [6.07, 6.45) is 2.34. The molecule has 0 saturated carbocycles. The summed E-state index contributed by atoms with van der Waals surface area (Å²) >= 11 is 6.02. The molecule has 104 valence electrons. The van der Waals surface area contributed by atoms with Crippen LogP contribution in [0.25, 0.3) is 0 Å². The van der Waals surface area contributed by atoms with Gasteiger partial charge in [-0.15, -0.1) is 0 Å². The Morgan fingerprint density at radius 3 is 2.84 bits per heavy atom. The second-order valence-electron chi connectivity index (χ2n) is 5.14. The van der Waals surface area contributed by atoms with Crippen molar-refractivity contribution >= 4 is 23.3 Å². The predicted molar refractivity (Wildman–Crippen MR) is 77.3 cm³/mol. The van der Waals surface area contributed by atoms with Crippen molar-refractivity contribution in [3.05, 3.63) is 28.8 Å². The molecule has 0 aliphatic carbocycles. The molecule has 1 atom stereocenters. The standard InChI is InChI=1S/C14H19ClN2O2/c1-16-7-3-4-11(9-16)17(2)10-5-6-12(14(18)19)13(15)8-10/h5-6,8,11H,3-4,7,9H2,1-2H3,(H,18,19). The van der Waals surface area contributed by atoms with Crippen LogP contribution in [0.3, 0.4) is 0 Å². The summed E-state index contributed by atoms with van der Waals surface area (Å²) in [7, 11) is 4.16. The van der Waals surface area contributed by atoms with Crippen LogP contribution in [0.1, 0.15) is 23.2 Å². The van der Waals surface area contributed by atoms with Crippen LogP contribution in [0.2, 0.25) is 5.02 Å². The first kappa shape index (κ1) is 14.2. The van der Waals surface area contributed by atoms with E-state index in [4.69, 9.17) is 16.7 Å². The number of hydrogen-bond acceptors (Lipinski definition) is 3. The number of benzene rings is 1. The molecule has 19 heavy (non-hydrogen) atoms. The molecular weight excluding hydrogens is 264 g/mol. The van der Waals surface area contributed by atoms with Crippen LogP contribution in [-0.2, 0) is 0 Å². The first-order valence-corrected chi connectivity index (χ1v) is 6.81. The summed E-state index contributed by atoms with van der Waals surface area (Å²) < 4.78 is 0. The van der Waals surface area contributed by atoms with Gasteiger partial charge in [0.1, 0.15) is 0 Å². The maximum absolute atomic E-state index is 10.9. The lowest BCUT2D eigenvalue weighted by Crippen LogP contribution is -2.45. The van der Waals surface area contributed by atoms with E-state index in [1.807, 2.05) is 13.1 Å². The Morgan fingerprint density at radius 1 is 1.53 bits per heavy atom. The lowest BCUT2D eigenvalue weighted by atomic mass is 10.0. The van der Waals surface area contributed by atoms with Crippen molar-refractivity contribution in [2.75, 3.05) is 32.1 Å². The lowest BCUT2D eigenvalue weighted by Gasteiger charge is -2.37. The second kappa shape index (κ2) is 5.80. The number of hydrogen-bond donors (Lipinski definition) is 1. The van der Waals surface area contributed by atoms with E-state index in [0.717, 1.165) is 25.2 Å². The van der Waals surface area contributed by atoms with Gasteiger partial charge >= 0.3 is 5.97 Å². The molecule has 1 heterocycles. The predicted octanol–water partition coefficient (Wildman–Crippen LogP) is 2.57. The molecule has 0 aromatic heterocycles. The molecule has 0 spiro atoms. The molecule has 1 saturated heterocycles. The third-order valence-corrected chi connectivity index (χ3v) is 4.05. The third-order valence-electron chi connectivity index (χ3n) is 3.74. The molecule has 2 rings (SSSR count). The smallest absolute Gasteiger partial charge is 0.337 e. The molecule has 1 aliphatic heterocycles. The van der Waals surface area contributed by atoms with Gasteiger partial charge < -0.3 is 14.9 Å². The summed E-state index contributed by atoms with van der Waals surface area (Å²) in [5, 5.41) is 9.27. The van der Waals surface area contributed by atoms with Gasteiger partial charge in [0.25, 0.3) is 0 Å². The second-order valence-corrected chi connectivity index (χ2v) is 5.55. The minimum absolute atomic E-state index is 0.152. The fraction of sp³-hybridized carbons (Fsp3) is 0.500. The van der Waals surface area contributed by atoms with E-state index in [-0.39, 0.29) is 5.56 Å². The number of piperidine rings is 1. The van der Waals surface area contributed by atoms with E-state index in [1.54, 1.807) is 12.1 Å². The van der Waals surface area contributed by atoms with Gasteiger partial charge in [-0.3, -0.25) is 0 Å². The third kappa shape index (κ3) is 3.19. The van der Waals surface area contributed by atoms with Crippen molar-refractivity contribution in [2.24, 2.45) is 0 Å².